The quantitative estimate of drug-likeness (QED) is 0.879. The van der Waals surface area contributed by atoms with Crippen LogP contribution < -0.4 is 14.8 Å². The number of rotatable bonds is 5. The Kier molecular flexibility index (Phi) is 4.81. The average molecular weight is 369 g/mol. The predicted octanol–water partition coefficient (Wildman–Crippen LogP) is 3.14. The summed E-state index contributed by atoms with van der Waals surface area (Å²) in [6.07, 6.45) is 6.59. The zero-order chi connectivity index (χ0) is 19.0. The molecule has 0 aliphatic heterocycles. The molecule has 0 saturated heterocycles. The second kappa shape index (κ2) is 7.25. The number of amides is 1. The SMILES string of the molecule is COc1ccc([C@H]2[C@@H]3CCCC[C@H]3[C@@H]2NC(=O)c2ccnn2C)cc1OC. The summed E-state index contributed by atoms with van der Waals surface area (Å²) in [5, 5.41) is 7.42. The molecule has 0 bridgehead atoms. The molecule has 144 valence electrons. The minimum atomic E-state index is -0.0468. The van der Waals surface area contributed by atoms with Gasteiger partial charge in [-0.05, 0) is 48.4 Å². The summed E-state index contributed by atoms with van der Waals surface area (Å²) >= 11 is 0. The number of nitrogens with one attached hydrogen (secondary N) is 1. The fourth-order valence-corrected chi connectivity index (χ4v) is 5.00. The molecule has 2 aliphatic carbocycles. The van der Waals surface area contributed by atoms with E-state index in [1.807, 2.05) is 6.07 Å². The Hall–Kier alpha value is -2.50. The van der Waals surface area contributed by atoms with Crippen molar-refractivity contribution >= 4 is 5.91 Å². The van der Waals surface area contributed by atoms with E-state index in [-0.39, 0.29) is 11.9 Å². The molecule has 2 aromatic rings. The Balaban J connectivity index is 1.61. The van der Waals surface area contributed by atoms with Crippen LogP contribution in [0, 0.1) is 11.8 Å². The first-order valence-corrected chi connectivity index (χ1v) is 9.65. The summed E-state index contributed by atoms with van der Waals surface area (Å²) in [6, 6.07) is 8.05. The molecular formula is C21H27N3O3. The predicted molar refractivity (Wildman–Crippen MR) is 102 cm³/mol. The summed E-state index contributed by atoms with van der Waals surface area (Å²) in [7, 11) is 5.10. The molecule has 1 amide bonds. The van der Waals surface area contributed by atoms with Crippen LogP contribution in [0.3, 0.4) is 0 Å². The van der Waals surface area contributed by atoms with Crippen LogP contribution >= 0.6 is 0 Å². The van der Waals surface area contributed by atoms with Crippen molar-refractivity contribution in [1.29, 1.82) is 0 Å². The monoisotopic (exact) mass is 369 g/mol. The number of benzene rings is 1. The van der Waals surface area contributed by atoms with Gasteiger partial charge in [0.25, 0.3) is 5.91 Å². The van der Waals surface area contributed by atoms with Gasteiger partial charge in [0.2, 0.25) is 0 Å². The van der Waals surface area contributed by atoms with Gasteiger partial charge in [-0.25, -0.2) is 0 Å². The molecular weight excluding hydrogens is 342 g/mol. The molecule has 1 N–H and O–H groups in total. The third kappa shape index (κ3) is 3.07. The van der Waals surface area contributed by atoms with Crippen LogP contribution in [0.2, 0.25) is 0 Å². The number of carbonyl (C=O) groups is 1. The van der Waals surface area contributed by atoms with Gasteiger partial charge in [0, 0.05) is 25.2 Å². The van der Waals surface area contributed by atoms with Crippen molar-refractivity contribution in [3.05, 3.63) is 41.7 Å². The fourth-order valence-electron chi connectivity index (χ4n) is 5.00. The van der Waals surface area contributed by atoms with E-state index in [9.17, 15) is 4.79 Å². The Bertz CT molecular complexity index is 832. The molecule has 6 nitrogen and oxygen atoms in total. The summed E-state index contributed by atoms with van der Waals surface area (Å²) in [4.78, 5) is 12.8. The lowest BCUT2D eigenvalue weighted by Gasteiger charge is -2.55. The standard InChI is InChI=1S/C21H27N3O3/c1-24-16(10-11-22-24)21(25)23-20-15-7-5-4-6-14(15)19(20)13-8-9-17(26-2)18(12-13)27-3/h8-12,14-15,19-20H,4-7H2,1-3H3,(H,23,25)/t14-,15-,19+,20+/m1/s1. The second-order valence-corrected chi connectivity index (χ2v) is 7.59. The maximum atomic E-state index is 12.8. The van der Waals surface area contributed by atoms with E-state index in [4.69, 9.17) is 9.47 Å². The zero-order valence-corrected chi connectivity index (χ0v) is 16.1. The summed E-state index contributed by atoms with van der Waals surface area (Å²) in [5.41, 5.74) is 1.81. The smallest absolute Gasteiger partial charge is 0.269 e. The first-order chi connectivity index (χ1) is 13.1. The maximum absolute atomic E-state index is 12.8. The lowest BCUT2D eigenvalue weighted by atomic mass is 9.53. The van der Waals surface area contributed by atoms with Crippen molar-refractivity contribution in [2.45, 2.75) is 37.6 Å². The highest BCUT2D eigenvalue weighted by molar-refractivity contribution is 5.92. The lowest BCUT2D eigenvalue weighted by molar-refractivity contribution is 0.0248. The fraction of sp³-hybridized carbons (Fsp3) is 0.524. The average Bonchev–Trinajstić information content (AvgIpc) is 3.12. The zero-order valence-electron chi connectivity index (χ0n) is 16.1. The van der Waals surface area contributed by atoms with Crippen molar-refractivity contribution in [2.75, 3.05) is 14.2 Å². The Morgan fingerprint density at radius 2 is 1.85 bits per heavy atom. The molecule has 2 aliphatic rings. The van der Waals surface area contributed by atoms with Gasteiger partial charge in [0.15, 0.2) is 11.5 Å². The number of hydrogen-bond donors (Lipinski definition) is 1. The third-order valence-corrected chi connectivity index (χ3v) is 6.33. The van der Waals surface area contributed by atoms with Gasteiger partial charge in [0.05, 0.1) is 14.2 Å². The van der Waals surface area contributed by atoms with Crippen LogP contribution in [-0.2, 0) is 7.05 Å². The molecule has 4 atom stereocenters. The number of hydrogen-bond acceptors (Lipinski definition) is 4. The van der Waals surface area contributed by atoms with Gasteiger partial charge in [-0.3, -0.25) is 9.48 Å². The van der Waals surface area contributed by atoms with Crippen molar-refractivity contribution in [3.8, 4) is 11.5 Å². The molecule has 27 heavy (non-hydrogen) atoms. The largest absolute Gasteiger partial charge is 0.493 e. The van der Waals surface area contributed by atoms with Gasteiger partial charge in [0.1, 0.15) is 5.69 Å². The molecule has 6 heteroatoms. The van der Waals surface area contributed by atoms with Gasteiger partial charge < -0.3 is 14.8 Å². The molecule has 1 aromatic heterocycles. The van der Waals surface area contributed by atoms with Crippen LogP contribution in [0.4, 0.5) is 0 Å². The first kappa shape index (κ1) is 17.9. The van der Waals surface area contributed by atoms with Gasteiger partial charge in [-0.15, -0.1) is 0 Å². The van der Waals surface area contributed by atoms with Crippen molar-refractivity contribution in [2.24, 2.45) is 18.9 Å². The normalized spacial score (nSPS) is 26.6. The lowest BCUT2D eigenvalue weighted by Crippen LogP contribution is -2.59. The number of carbonyl (C=O) groups excluding carboxylic acids is 1. The van der Waals surface area contributed by atoms with Crippen molar-refractivity contribution < 1.29 is 14.3 Å². The third-order valence-electron chi connectivity index (χ3n) is 6.33. The van der Waals surface area contributed by atoms with E-state index in [1.54, 1.807) is 38.2 Å². The molecule has 0 spiro atoms. The Morgan fingerprint density at radius 1 is 1.11 bits per heavy atom. The van der Waals surface area contributed by atoms with E-state index in [2.05, 4.69) is 22.5 Å². The van der Waals surface area contributed by atoms with Crippen molar-refractivity contribution in [3.63, 3.8) is 0 Å². The number of aromatic nitrogens is 2. The van der Waals surface area contributed by atoms with E-state index in [1.165, 1.54) is 31.2 Å². The number of aryl methyl sites for hydroxylation is 1. The summed E-state index contributed by atoms with van der Waals surface area (Å²) < 4.78 is 12.5. The van der Waals surface area contributed by atoms with Gasteiger partial charge in [-0.2, -0.15) is 5.10 Å². The van der Waals surface area contributed by atoms with E-state index in [0.29, 0.717) is 23.4 Å². The number of nitrogens with zero attached hydrogens (tertiary/aromatic N) is 2. The van der Waals surface area contributed by atoms with Crippen LogP contribution in [-0.4, -0.2) is 35.9 Å². The van der Waals surface area contributed by atoms with E-state index >= 15 is 0 Å². The maximum Gasteiger partial charge on any atom is 0.269 e. The molecule has 2 saturated carbocycles. The first-order valence-electron chi connectivity index (χ1n) is 9.65. The molecule has 1 heterocycles. The summed E-state index contributed by atoms with van der Waals surface area (Å²) in [6.45, 7) is 0. The van der Waals surface area contributed by atoms with E-state index in [0.717, 1.165) is 11.5 Å². The van der Waals surface area contributed by atoms with Crippen LogP contribution in [0.1, 0.15) is 47.7 Å². The highest BCUT2D eigenvalue weighted by atomic mass is 16.5. The Morgan fingerprint density at radius 3 is 2.52 bits per heavy atom. The van der Waals surface area contributed by atoms with Gasteiger partial charge >= 0.3 is 0 Å². The van der Waals surface area contributed by atoms with Crippen molar-refractivity contribution in [1.82, 2.24) is 15.1 Å². The van der Waals surface area contributed by atoms with Gasteiger partial charge in [-0.1, -0.05) is 18.9 Å². The number of fused-ring (bicyclic) bond motifs is 1. The van der Waals surface area contributed by atoms with Crippen LogP contribution in [0.5, 0.6) is 11.5 Å². The highest BCUT2D eigenvalue weighted by Crippen LogP contribution is 2.55. The summed E-state index contributed by atoms with van der Waals surface area (Å²) in [5.74, 6) is 2.91. The van der Waals surface area contributed by atoms with E-state index < -0.39 is 0 Å². The molecule has 0 unspecified atom stereocenters. The van der Waals surface area contributed by atoms with Crippen LogP contribution in [0.15, 0.2) is 30.5 Å². The highest BCUT2D eigenvalue weighted by Gasteiger charge is 2.52. The molecule has 2 fully saturated rings. The number of methoxy groups -OCH3 is 2. The minimum Gasteiger partial charge on any atom is -0.493 e. The van der Waals surface area contributed by atoms with Crippen LogP contribution in [0.25, 0.3) is 0 Å². The topological polar surface area (TPSA) is 65.4 Å². The molecule has 0 radical (unpaired) electrons. The second-order valence-electron chi connectivity index (χ2n) is 7.59. The Labute approximate surface area is 159 Å². The minimum absolute atomic E-state index is 0.0468. The number of ether oxygens (including phenoxy) is 2. The molecule has 4 rings (SSSR count). The molecule has 1 aromatic carbocycles.